The Balaban J connectivity index is 2.28. The summed E-state index contributed by atoms with van der Waals surface area (Å²) in [4.78, 5) is 0. The van der Waals surface area contributed by atoms with Crippen molar-refractivity contribution < 1.29 is 18.9 Å². The summed E-state index contributed by atoms with van der Waals surface area (Å²) in [7, 11) is 0. The summed E-state index contributed by atoms with van der Waals surface area (Å²) in [5, 5.41) is 0. The molecule has 2 rings (SSSR count). The van der Waals surface area contributed by atoms with Crippen LogP contribution in [0.2, 0.25) is 0 Å². The number of ether oxygens (including phenoxy) is 4. The Bertz CT molecular complexity index is 592. The highest BCUT2D eigenvalue weighted by molar-refractivity contribution is 5.20. The van der Waals surface area contributed by atoms with Crippen LogP contribution in [0.15, 0.2) is 23.0 Å². The summed E-state index contributed by atoms with van der Waals surface area (Å²) < 4.78 is 24.8. The molecule has 2 heterocycles. The molecule has 4 heteroatoms. The molecule has 0 aliphatic carbocycles. The van der Waals surface area contributed by atoms with Gasteiger partial charge >= 0.3 is 0 Å². The molecule has 0 radical (unpaired) electrons. The zero-order chi connectivity index (χ0) is 20.8. The lowest BCUT2D eigenvalue weighted by Gasteiger charge is -2.38. The first-order chi connectivity index (χ1) is 12.0. The van der Waals surface area contributed by atoms with Gasteiger partial charge in [0, 0.05) is 28.1 Å². The van der Waals surface area contributed by atoms with Gasteiger partial charge in [-0.1, -0.05) is 76.2 Å². The third kappa shape index (κ3) is 4.94. The molecule has 0 atom stereocenters. The molecule has 2 aliphatic rings. The van der Waals surface area contributed by atoms with E-state index < -0.39 is 0 Å². The maximum Gasteiger partial charge on any atom is 0.241 e. The molecule has 0 bridgehead atoms. The Kier molecular flexibility index (Phi) is 5.64. The minimum absolute atomic E-state index is 0.0954. The quantitative estimate of drug-likeness (QED) is 0.569. The Labute approximate surface area is 166 Å². The van der Waals surface area contributed by atoms with E-state index in [0.29, 0.717) is 19.6 Å². The molecule has 0 aromatic rings. The number of allylic oxidation sites excluding steroid dienone is 4. The molecule has 0 unspecified atom stereocenters. The van der Waals surface area contributed by atoms with Crippen LogP contribution in [0.1, 0.15) is 82.6 Å². The van der Waals surface area contributed by atoms with Crippen molar-refractivity contribution in [2.75, 3.05) is 13.2 Å². The lowest BCUT2D eigenvalue weighted by Crippen LogP contribution is -2.33. The molecule has 0 aromatic carbocycles. The molecule has 0 saturated heterocycles. The average molecular weight is 381 g/mol. The molecule has 0 N–H and O–H groups in total. The van der Waals surface area contributed by atoms with E-state index in [0.717, 1.165) is 23.0 Å². The summed E-state index contributed by atoms with van der Waals surface area (Å²) >= 11 is 0. The van der Waals surface area contributed by atoms with Crippen LogP contribution in [0.3, 0.4) is 0 Å². The highest BCUT2D eigenvalue weighted by atomic mass is 16.7. The molecular weight excluding hydrogens is 340 g/mol. The van der Waals surface area contributed by atoms with Gasteiger partial charge < -0.3 is 18.9 Å². The highest BCUT2D eigenvalue weighted by Gasteiger charge is 2.44. The van der Waals surface area contributed by atoms with Gasteiger partial charge in [-0.3, -0.25) is 0 Å². The standard InChI is InChI=1S/C23H40O4/c1-20(2,3)16-19(25-13-12-24-16)23(10,11)14-15-26-17(21(4,5)6)18(27-15)22(7,8)9/h15H,12-14H2,1-11H3. The van der Waals surface area contributed by atoms with E-state index in [1.165, 1.54) is 0 Å². The van der Waals surface area contributed by atoms with Crippen LogP contribution >= 0.6 is 0 Å². The Morgan fingerprint density at radius 2 is 0.963 bits per heavy atom. The van der Waals surface area contributed by atoms with Gasteiger partial charge in [0.25, 0.3) is 0 Å². The summed E-state index contributed by atoms with van der Waals surface area (Å²) in [6.45, 7) is 25.1. The van der Waals surface area contributed by atoms with Crippen LogP contribution in [0.4, 0.5) is 0 Å². The molecule has 0 fully saturated rings. The monoisotopic (exact) mass is 380 g/mol. The van der Waals surface area contributed by atoms with E-state index in [1.807, 2.05) is 0 Å². The van der Waals surface area contributed by atoms with Crippen LogP contribution in [0.5, 0.6) is 0 Å². The summed E-state index contributed by atoms with van der Waals surface area (Å²) in [5.41, 5.74) is -0.552. The molecule has 4 nitrogen and oxygen atoms in total. The van der Waals surface area contributed by atoms with Crippen LogP contribution < -0.4 is 0 Å². The van der Waals surface area contributed by atoms with Crippen LogP contribution in [-0.4, -0.2) is 19.5 Å². The molecule has 0 spiro atoms. The number of hydrogen-bond donors (Lipinski definition) is 0. The van der Waals surface area contributed by atoms with Crippen LogP contribution in [-0.2, 0) is 18.9 Å². The fourth-order valence-corrected chi connectivity index (χ4v) is 3.50. The van der Waals surface area contributed by atoms with Crippen LogP contribution in [0, 0.1) is 21.7 Å². The van der Waals surface area contributed by atoms with Crippen molar-refractivity contribution in [2.45, 2.75) is 88.9 Å². The molecule has 0 saturated carbocycles. The normalized spacial score (nSPS) is 20.3. The summed E-state index contributed by atoms with van der Waals surface area (Å²) in [5.74, 6) is 3.79. The van der Waals surface area contributed by atoms with E-state index in [2.05, 4.69) is 76.2 Å². The maximum atomic E-state index is 6.35. The van der Waals surface area contributed by atoms with Crippen molar-refractivity contribution in [2.24, 2.45) is 21.7 Å². The van der Waals surface area contributed by atoms with Crippen molar-refractivity contribution in [3.05, 3.63) is 23.0 Å². The fourth-order valence-electron chi connectivity index (χ4n) is 3.50. The first kappa shape index (κ1) is 22.0. The summed E-state index contributed by atoms with van der Waals surface area (Å²) in [6.07, 6.45) is 0.382. The van der Waals surface area contributed by atoms with Crippen molar-refractivity contribution in [1.29, 1.82) is 0 Å². The van der Waals surface area contributed by atoms with Gasteiger partial charge in [0.1, 0.15) is 36.3 Å². The number of hydrogen-bond acceptors (Lipinski definition) is 4. The Morgan fingerprint density at radius 1 is 0.593 bits per heavy atom. The Hall–Kier alpha value is -1.32. The third-order valence-corrected chi connectivity index (χ3v) is 4.82. The van der Waals surface area contributed by atoms with Crippen molar-refractivity contribution in [1.82, 2.24) is 0 Å². The molecule has 2 aliphatic heterocycles. The minimum Gasteiger partial charge on any atom is -0.490 e. The van der Waals surface area contributed by atoms with Crippen LogP contribution in [0.25, 0.3) is 0 Å². The number of rotatable bonds is 3. The Morgan fingerprint density at radius 3 is 1.33 bits per heavy atom. The van der Waals surface area contributed by atoms with Gasteiger partial charge in [0.2, 0.25) is 6.29 Å². The summed E-state index contributed by atoms with van der Waals surface area (Å²) in [6, 6.07) is 0. The molecule has 0 amide bonds. The first-order valence-electron chi connectivity index (χ1n) is 10.1. The van der Waals surface area contributed by atoms with Gasteiger partial charge in [-0.05, 0) is 0 Å². The van der Waals surface area contributed by atoms with Gasteiger partial charge in [-0.2, -0.15) is 0 Å². The second-order valence-corrected chi connectivity index (χ2v) is 11.5. The first-order valence-corrected chi connectivity index (χ1v) is 10.1. The van der Waals surface area contributed by atoms with E-state index in [4.69, 9.17) is 18.9 Å². The predicted molar refractivity (Wildman–Crippen MR) is 109 cm³/mol. The second-order valence-electron chi connectivity index (χ2n) is 11.5. The zero-order valence-corrected chi connectivity index (χ0v) is 19.3. The molecular formula is C23H40O4. The zero-order valence-electron chi connectivity index (χ0n) is 19.3. The smallest absolute Gasteiger partial charge is 0.241 e. The van der Waals surface area contributed by atoms with Gasteiger partial charge in [-0.25, -0.2) is 0 Å². The van der Waals surface area contributed by atoms with E-state index >= 15 is 0 Å². The van der Waals surface area contributed by atoms with Gasteiger partial charge in [0.05, 0.1) is 0 Å². The molecule has 27 heavy (non-hydrogen) atoms. The largest absolute Gasteiger partial charge is 0.490 e. The lowest BCUT2D eigenvalue weighted by molar-refractivity contribution is -0.0872. The van der Waals surface area contributed by atoms with Gasteiger partial charge in [-0.15, -0.1) is 0 Å². The SMILES string of the molecule is CC(C)(C)C1=C(C(C)(C)C)OC(CC(C)(C)C2=C(C(C)(C)C)OCCO2)O1. The van der Waals surface area contributed by atoms with Crippen molar-refractivity contribution in [3.8, 4) is 0 Å². The molecule has 0 aromatic heterocycles. The van der Waals surface area contributed by atoms with E-state index in [-0.39, 0.29) is 27.9 Å². The van der Waals surface area contributed by atoms with Crippen molar-refractivity contribution >= 4 is 0 Å². The second kappa shape index (κ2) is 6.93. The van der Waals surface area contributed by atoms with E-state index in [1.54, 1.807) is 0 Å². The van der Waals surface area contributed by atoms with Gasteiger partial charge in [0.15, 0.2) is 0 Å². The minimum atomic E-state index is -0.317. The predicted octanol–water partition coefficient (Wildman–Crippen LogP) is 6.38. The third-order valence-electron chi connectivity index (χ3n) is 4.82. The van der Waals surface area contributed by atoms with E-state index in [9.17, 15) is 0 Å². The fraction of sp³-hybridized carbons (Fsp3) is 0.826. The lowest BCUT2D eigenvalue weighted by atomic mass is 9.81. The topological polar surface area (TPSA) is 36.9 Å². The molecule has 156 valence electrons. The average Bonchev–Trinajstić information content (AvgIpc) is 2.90. The van der Waals surface area contributed by atoms with Crippen molar-refractivity contribution in [3.63, 3.8) is 0 Å². The highest BCUT2D eigenvalue weighted by Crippen LogP contribution is 2.48. The maximum absolute atomic E-state index is 6.35.